The zero-order valence-corrected chi connectivity index (χ0v) is 15.3. The van der Waals surface area contributed by atoms with Crippen LogP contribution in [0.5, 0.6) is 5.88 Å². The molecule has 3 aromatic rings. The third kappa shape index (κ3) is 4.46. The number of carbonyl (C=O) groups is 1. The fraction of sp³-hybridized carbons (Fsp3) is 0.316. The summed E-state index contributed by atoms with van der Waals surface area (Å²) >= 11 is 0. The SMILES string of the molecule is CCN(CCCOc1nc2ccccc2nc1C(=O)O)c1ncc(C)cn1. The second-order valence-corrected chi connectivity index (χ2v) is 6.01. The van der Waals surface area contributed by atoms with Crippen molar-refractivity contribution in [2.24, 2.45) is 0 Å². The Morgan fingerprint density at radius 3 is 2.44 bits per heavy atom. The zero-order chi connectivity index (χ0) is 19.2. The molecule has 1 N–H and O–H groups in total. The van der Waals surface area contributed by atoms with Gasteiger partial charge in [-0.3, -0.25) is 0 Å². The van der Waals surface area contributed by atoms with E-state index in [-0.39, 0.29) is 11.6 Å². The summed E-state index contributed by atoms with van der Waals surface area (Å²) in [7, 11) is 0. The molecule has 8 nitrogen and oxygen atoms in total. The number of hydrogen-bond acceptors (Lipinski definition) is 7. The van der Waals surface area contributed by atoms with Crippen LogP contribution in [0.25, 0.3) is 11.0 Å². The maximum absolute atomic E-state index is 11.5. The lowest BCUT2D eigenvalue weighted by molar-refractivity contribution is 0.0684. The van der Waals surface area contributed by atoms with Gasteiger partial charge in [0.05, 0.1) is 17.6 Å². The summed E-state index contributed by atoms with van der Waals surface area (Å²) in [5.41, 5.74) is 1.95. The van der Waals surface area contributed by atoms with Crippen molar-refractivity contribution in [1.29, 1.82) is 0 Å². The Hall–Kier alpha value is -3.29. The molecule has 0 saturated carbocycles. The Morgan fingerprint density at radius 2 is 1.81 bits per heavy atom. The predicted molar refractivity (Wildman–Crippen MR) is 101 cm³/mol. The lowest BCUT2D eigenvalue weighted by atomic mass is 10.3. The fourth-order valence-corrected chi connectivity index (χ4v) is 2.60. The van der Waals surface area contributed by atoms with E-state index in [1.807, 2.05) is 24.8 Å². The van der Waals surface area contributed by atoms with E-state index in [0.717, 1.165) is 12.1 Å². The molecule has 0 saturated heterocycles. The minimum absolute atomic E-state index is 0.0378. The van der Waals surface area contributed by atoms with Gasteiger partial charge < -0.3 is 14.7 Å². The van der Waals surface area contributed by atoms with Gasteiger partial charge in [0, 0.05) is 25.5 Å². The van der Waals surface area contributed by atoms with Gasteiger partial charge in [0.2, 0.25) is 17.5 Å². The quantitative estimate of drug-likeness (QED) is 0.607. The average Bonchev–Trinajstić information content (AvgIpc) is 2.68. The van der Waals surface area contributed by atoms with Gasteiger partial charge in [0.25, 0.3) is 0 Å². The van der Waals surface area contributed by atoms with Gasteiger partial charge in [-0.25, -0.2) is 24.7 Å². The number of ether oxygens (including phenoxy) is 1. The minimum Gasteiger partial charge on any atom is -0.476 e. The molecule has 3 rings (SSSR count). The van der Waals surface area contributed by atoms with Gasteiger partial charge in [0.1, 0.15) is 0 Å². The largest absolute Gasteiger partial charge is 0.476 e. The van der Waals surface area contributed by atoms with Crippen molar-refractivity contribution < 1.29 is 14.6 Å². The zero-order valence-electron chi connectivity index (χ0n) is 15.3. The molecular weight excluding hydrogens is 346 g/mol. The lowest BCUT2D eigenvalue weighted by Gasteiger charge is -2.20. The highest BCUT2D eigenvalue weighted by Gasteiger charge is 2.17. The molecule has 0 radical (unpaired) electrons. The van der Waals surface area contributed by atoms with Gasteiger partial charge in [-0.1, -0.05) is 12.1 Å². The van der Waals surface area contributed by atoms with Crippen LogP contribution < -0.4 is 9.64 Å². The number of para-hydroxylation sites is 2. The van der Waals surface area contributed by atoms with E-state index in [2.05, 4.69) is 19.9 Å². The van der Waals surface area contributed by atoms with Crippen LogP contribution in [0.15, 0.2) is 36.7 Å². The molecule has 0 aliphatic rings. The first-order chi connectivity index (χ1) is 13.1. The molecule has 0 amide bonds. The number of fused-ring (bicyclic) bond motifs is 1. The summed E-state index contributed by atoms with van der Waals surface area (Å²) in [6, 6.07) is 7.10. The van der Waals surface area contributed by atoms with E-state index in [4.69, 9.17) is 4.74 Å². The summed E-state index contributed by atoms with van der Waals surface area (Å²) in [4.78, 5) is 30.6. The molecule has 140 valence electrons. The molecule has 2 heterocycles. The summed E-state index contributed by atoms with van der Waals surface area (Å²) in [5, 5.41) is 9.37. The highest BCUT2D eigenvalue weighted by Crippen LogP contribution is 2.19. The maximum atomic E-state index is 11.5. The van der Waals surface area contributed by atoms with Crippen molar-refractivity contribution in [2.45, 2.75) is 20.3 Å². The molecule has 2 aromatic heterocycles. The second kappa shape index (κ2) is 8.39. The number of rotatable bonds is 8. The van der Waals surface area contributed by atoms with Crippen LogP contribution in [0, 0.1) is 6.92 Å². The summed E-state index contributed by atoms with van der Waals surface area (Å²) in [6.07, 6.45) is 4.23. The van der Waals surface area contributed by atoms with E-state index >= 15 is 0 Å². The molecular formula is C19H21N5O3. The minimum atomic E-state index is -1.16. The molecule has 0 unspecified atom stereocenters. The summed E-state index contributed by atoms with van der Waals surface area (Å²) in [5.74, 6) is -0.456. The molecule has 8 heteroatoms. The summed E-state index contributed by atoms with van der Waals surface area (Å²) in [6.45, 7) is 5.73. The normalized spacial score (nSPS) is 10.7. The maximum Gasteiger partial charge on any atom is 0.360 e. The average molecular weight is 367 g/mol. The fourth-order valence-electron chi connectivity index (χ4n) is 2.60. The van der Waals surface area contributed by atoms with Crippen LogP contribution in [0.4, 0.5) is 5.95 Å². The molecule has 0 fully saturated rings. The van der Waals surface area contributed by atoms with Crippen LogP contribution in [-0.2, 0) is 0 Å². The first-order valence-electron chi connectivity index (χ1n) is 8.75. The van der Waals surface area contributed by atoms with Crippen molar-refractivity contribution >= 4 is 23.0 Å². The van der Waals surface area contributed by atoms with Crippen LogP contribution in [-0.4, -0.2) is 50.7 Å². The van der Waals surface area contributed by atoms with Gasteiger partial charge in [-0.15, -0.1) is 0 Å². The van der Waals surface area contributed by atoms with E-state index in [1.54, 1.807) is 30.6 Å². The second-order valence-electron chi connectivity index (χ2n) is 6.01. The van der Waals surface area contributed by atoms with Crippen molar-refractivity contribution in [3.8, 4) is 5.88 Å². The van der Waals surface area contributed by atoms with Crippen molar-refractivity contribution in [3.63, 3.8) is 0 Å². The Labute approximate surface area is 156 Å². The van der Waals surface area contributed by atoms with Gasteiger partial charge in [0.15, 0.2) is 0 Å². The van der Waals surface area contributed by atoms with Crippen LogP contribution in [0.3, 0.4) is 0 Å². The number of benzene rings is 1. The number of aromatic nitrogens is 4. The first-order valence-corrected chi connectivity index (χ1v) is 8.75. The Morgan fingerprint density at radius 1 is 1.15 bits per heavy atom. The lowest BCUT2D eigenvalue weighted by Crippen LogP contribution is -2.27. The van der Waals surface area contributed by atoms with Gasteiger partial charge >= 0.3 is 5.97 Å². The molecule has 27 heavy (non-hydrogen) atoms. The molecule has 1 aromatic carbocycles. The number of hydrogen-bond donors (Lipinski definition) is 1. The van der Waals surface area contributed by atoms with Crippen molar-refractivity contribution in [1.82, 2.24) is 19.9 Å². The Kier molecular flexibility index (Phi) is 5.75. The number of aromatic carboxylic acids is 1. The highest BCUT2D eigenvalue weighted by atomic mass is 16.5. The third-order valence-corrected chi connectivity index (χ3v) is 3.98. The topological polar surface area (TPSA) is 101 Å². The monoisotopic (exact) mass is 367 g/mol. The predicted octanol–water partition coefficient (Wildman–Crippen LogP) is 2.72. The van der Waals surface area contributed by atoms with E-state index in [1.165, 1.54) is 0 Å². The molecule has 0 bridgehead atoms. The molecule has 0 spiro atoms. The number of anilines is 1. The van der Waals surface area contributed by atoms with E-state index in [0.29, 0.717) is 36.6 Å². The van der Waals surface area contributed by atoms with Crippen LogP contribution in [0.1, 0.15) is 29.4 Å². The van der Waals surface area contributed by atoms with Crippen LogP contribution in [0.2, 0.25) is 0 Å². The standard InChI is InChI=1S/C19H21N5O3/c1-3-24(19-20-11-13(2)12-21-19)9-6-10-27-17-16(18(25)26)22-14-7-4-5-8-15(14)23-17/h4-5,7-8,11-12H,3,6,9-10H2,1-2H3,(H,25,26). The molecule has 0 aliphatic carbocycles. The van der Waals surface area contributed by atoms with Crippen LogP contribution >= 0.6 is 0 Å². The summed E-state index contributed by atoms with van der Waals surface area (Å²) < 4.78 is 5.63. The van der Waals surface area contributed by atoms with Crippen molar-refractivity contribution in [2.75, 3.05) is 24.6 Å². The van der Waals surface area contributed by atoms with E-state index in [9.17, 15) is 9.90 Å². The van der Waals surface area contributed by atoms with E-state index < -0.39 is 5.97 Å². The van der Waals surface area contributed by atoms with Gasteiger partial charge in [-0.05, 0) is 38.0 Å². The van der Waals surface area contributed by atoms with Gasteiger partial charge in [-0.2, -0.15) is 0 Å². The van der Waals surface area contributed by atoms with Crippen molar-refractivity contribution in [3.05, 3.63) is 47.9 Å². The molecule has 0 atom stereocenters. The molecule has 0 aliphatic heterocycles. The number of nitrogens with zero attached hydrogens (tertiary/aromatic N) is 5. The smallest absolute Gasteiger partial charge is 0.360 e. The first kappa shape index (κ1) is 18.5. The third-order valence-electron chi connectivity index (χ3n) is 3.98. The number of aryl methyl sites for hydroxylation is 1. The Balaban J connectivity index is 1.65. The Bertz CT molecular complexity index is 930. The highest BCUT2D eigenvalue weighted by molar-refractivity contribution is 5.90. The number of carboxylic acids is 1. The number of carboxylic acid groups (broad SMARTS) is 1.